The van der Waals surface area contributed by atoms with Crippen LogP contribution in [0.15, 0.2) is 24.3 Å². The van der Waals surface area contributed by atoms with Crippen LogP contribution in [0.1, 0.15) is 10.4 Å². The van der Waals surface area contributed by atoms with Gasteiger partial charge in [0.1, 0.15) is 0 Å². The first-order valence-corrected chi connectivity index (χ1v) is 3.45. The zero-order chi connectivity index (χ0) is 8.27. The molecule has 1 aromatic carbocycles. The average Bonchev–Trinajstić information content (AvgIpc) is 2.05. The van der Waals surface area contributed by atoms with E-state index in [0.29, 0.717) is 11.3 Å². The molecule has 0 bridgehead atoms. The zero-order valence-corrected chi connectivity index (χ0v) is 6.76. The van der Waals surface area contributed by atoms with Crippen LogP contribution in [0.2, 0.25) is 0 Å². The molecule has 56 valence electrons. The molecule has 0 atom stereocenters. The number of carbonyl (C=O) groups excluding carboxylic acids is 1. The molecule has 0 heterocycles. The van der Waals surface area contributed by atoms with Crippen LogP contribution in [-0.4, -0.2) is 13.3 Å². The molecule has 0 saturated heterocycles. The van der Waals surface area contributed by atoms with Gasteiger partial charge in [-0.3, -0.25) is 4.79 Å². The Morgan fingerprint density at radius 3 is 2.27 bits per heavy atom. The highest BCUT2D eigenvalue weighted by molar-refractivity contribution is 6.67. The molecule has 0 spiro atoms. The molecule has 1 aromatic rings. The van der Waals surface area contributed by atoms with Crippen LogP contribution in [0, 0.1) is 0 Å². The molecule has 0 saturated carbocycles. The fourth-order valence-electron chi connectivity index (χ4n) is 0.722. The summed E-state index contributed by atoms with van der Waals surface area (Å²) in [4.78, 5) is 10.6. The van der Waals surface area contributed by atoms with Crippen molar-refractivity contribution in [2.75, 3.05) is 0 Å². The molecule has 1 rings (SSSR count). The summed E-state index contributed by atoms with van der Waals surface area (Å²) >= 11 is 5.22. The van der Waals surface area contributed by atoms with Gasteiger partial charge in [-0.25, -0.2) is 0 Å². The van der Waals surface area contributed by atoms with Crippen LogP contribution in [0.25, 0.3) is 0 Å². The molecular weight excluding hydrogens is 162 g/mol. The Balaban J connectivity index is 2.91. The largest absolute Gasteiger partial charge is 0.568 e. The molecule has 0 unspecified atom stereocenters. The van der Waals surface area contributed by atoms with Gasteiger partial charge >= 0.3 is 8.05 Å². The molecule has 0 amide bonds. The number of carbonyl (C=O) groups is 1. The summed E-state index contributed by atoms with van der Waals surface area (Å²) in [6.07, 6.45) is 0. The van der Waals surface area contributed by atoms with Crippen molar-refractivity contribution in [2.24, 2.45) is 0 Å². The van der Waals surface area contributed by atoms with Crippen molar-refractivity contribution in [1.29, 1.82) is 0 Å². The van der Waals surface area contributed by atoms with Crippen molar-refractivity contribution < 1.29 is 9.45 Å². The van der Waals surface area contributed by atoms with Crippen LogP contribution >= 0.6 is 11.6 Å². The number of benzene rings is 1. The van der Waals surface area contributed by atoms with E-state index in [1.165, 1.54) is 0 Å². The van der Waals surface area contributed by atoms with Crippen molar-refractivity contribution in [2.45, 2.75) is 0 Å². The molecule has 0 fully saturated rings. The van der Waals surface area contributed by atoms with E-state index >= 15 is 0 Å². The second-order valence-electron chi connectivity index (χ2n) is 2.00. The van der Waals surface area contributed by atoms with Gasteiger partial charge in [0.05, 0.1) is 5.75 Å². The average molecular weight is 168 g/mol. The third-order valence-corrected chi connectivity index (χ3v) is 1.54. The van der Waals surface area contributed by atoms with Crippen molar-refractivity contribution in [3.63, 3.8) is 0 Å². The predicted octanol–water partition coefficient (Wildman–Crippen LogP) is 0.992. The Morgan fingerprint density at radius 2 is 1.91 bits per heavy atom. The van der Waals surface area contributed by atoms with Crippen molar-refractivity contribution >= 4 is 24.9 Å². The first kappa shape index (κ1) is 8.14. The van der Waals surface area contributed by atoms with E-state index in [2.05, 4.69) is 0 Å². The summed E-state index contributed by atoms with van der Waals surface area (Å²) in [7, 11) is 1.57. The van der Waals surface area contributed by atoms with E-state index in [1.807, 2.05) is 0 Å². The Hall–Kier alpha value is -0.955. The predicted molar refractivity (Wildman–Crippen MR) is 45.8 cm³/mol. The highest BCUT2D eigenvalue weighted by Crippen LogP contribution is 2.12. The summed E-state index contributed by atoms with van der Waals surface area (Å²) < 4.78 is 4.89. The van der Waals surface area contributed by atoms with Gasteiger partial charge in [-0.2, -0.15) is 0 Å². The summed E-state index contributed by atoms with van der Waals surface area (Å²) in [6.45, 7) is 0. The first-order chi connectivity index (χ1) is 5.24. The third kappa shape index (κ3) is 1.98. The number of halogens is 1. The van der Waals surface area contributed by atoms with E-state index in [4.69, 9.17) is 16.3 Å². The minimum Gasteiger partial charge on any atom is -0.568 e. The lowest BCUT2D eigenvalue weighted by Crippen LogP contribution is -1.89. The number of hydrogen-bond acceptors (Lipinski definition) is 2. The second kappa shape index (κ2) is 3.44. The molecule has 0 aromatic heterocycles. The fraction of sp³-hybridized carbons (Fsp3) is 0. The minimum atomic E-state index is -0.451. The number of rotatable bonds is 2. The maximum atomic E-state index is 10.6. The molecule has 0 aliphatic rings. The van der Waals surface area contributed by atoms with Gasteiger partial charge in [0.25, 0.3) is 5.24 Å². The van der Waals surface area contributed by atoms with Crippen LogP contribution in [-0.2, 0) is 0 Å². The Kier molecular flexibility index (Phi) is 2.55. The lowest BCUT2D eigenvalue weighted by molar-refractivity contribution is 0.108. The molecule has 11 heavy (non-hydrogen) atoms. The summed E-state index contributed by atoms with van der Waals surface area (Å²) in [5.41, 5.74) is 0.479. The summed E-state index contributed by atoms with van der Waals surface area (Å²) in [5.74, 6) is 0.715. The van der Waals surface area contributed by atoms with Crippen LogP contribution in [0.4, 0.5) is 0 Å². The van der Waals surface area contributed by atoms with E-state index < -0.39 is 5.24 Å². The molecule has 0 aliphatic heterocycles. The van der Waals surface area contributed by atoms with Crippen LogP contribution in [0.5, 0.6) is 5.75 Å². The van der Waals surface area contributed by atoms with Crippen molar-refractivity contribution in [3.05, 3.63) is 29.8 Å². The molecular formula is C7H6BClO2. The van der Waals surface area contributed by atoms with E-state index in [0.717, 1.165) is 0 Å². The second-order valence-corrected chi connectivity index (χ2v) is 2.35. The van der Waals surface area contributed by atoms with Gasteiger partial charge in [-0.15, -0.1) is 0 Å². The maximum Gasteiger partial charge on any atom is 0.322 e. The fourth-order valence-corrected chi connectivity index (χ4v) is 0.848. The SMILES string of the molecule is BOc1ccc(C(=O)Cl)cc1. The van der Waals surface area contributed by atoms with Gasteiger partial charge in [-0.05, 0) is 35.9 Å². The van der Waals surface area contributed by atoms with E-state index in [1.54, 1.807) is 32.3 Å². The summed E-state index contributed by atoms with van der Waals surface area (Å²) in [5, 5.41) is -0.451. The molecule has 4 heteroatoms. The van der Waals surface area contributed by atoms with Gasteiger partial charge in [0, 0.05) is 5.56 Å². The molecule has 0 radical (unpaired) electrons. The zero-order valence-electron chi connectivity index (χ0n) is 6.00. The minimum absolute atomic E-state index is 0.451. The molecule has 0 aliphatic carbocycles. The monoisotopic (exact) mass is 168 g/mol. The van der Waals surface area contributed by atoms with Crippen molar-refractivity contribution in [3.8, 4) is 5.75 Å². The molecule has 2 nitrogen and oxygen atoms in total. The standard InChI is InChI=1S/C7H6BClO2/c8-11-6-3-1-5(2-4-6)7(9)10/h1-4H,8H2. The van der Waals surface area contributed by atoms with E-state index in [-0.39, 0.29) is 0 Å². The topological polar surface area (TPSA) is 26.3 Å². The third-order valence-electron chi connectivity index (χ3n) is 1.32. The van der Waals surface area contributed by atoms with Crippen LogP contribution < -0.4 is 4.65 Å². The Morgan fingerprint density at radius 1 is 1.36 bits per heavy atom. The lowest BCUT2D eigenvalue weighted by Gasteiger charge is -1.98. The Bertz CT molecular complexity index is 258. The quantitative estimate of drug-likeness (QED) is 0.486. The maximum absolute atomic E-state index is 10.6. The van der Waals surface area contributed by atoms with Gasteiger partial charge in [-0.1, -0.05) is 0 Å². The Labute approximate surface area is 70.6 Å². The summed E-state index contributed by atoms with van der Waals surface area (Å²) in [6, 6.07) is 6.62. The first-order valence-electron chi connectivity index (χ1n) is 3.08. The number of hydrogen-bond donors (Lipinski definition) is 0. The van der Waals surface area contributed by atoms with Gasteiger partial charge < -0.3 is 4.65 Å². The lowest BCUT2D eigenvalue weighted by atomic mass is 10.2. The van der Waals surface area contributed by atoms with Crippen LogP contribution in [0.3, 0.4) is 0 Å². The van der Waals surface area contributed by atoms with Gasteiger partial charge in [0.15, 0.2) is 0 Å². The van der Waals surface area contributed by atoms with Crippen molar-refractivity contribution in [1.82, 2.24) is 0 Å². The van der Waals surface area contributed by atoms with E-state index in [9.17, 15) is 4.79 Å². The highest BCUT2D eigenvalue weighted by atomic mass is 35.5. The highest BCUT2D eigenvalue weighted by Gasteiger charge is 1.99. The van der Waals surface area contributed by atoms with Gasteiger partial charge in [0.2, 0.25) is 0 Å². The molecule has 0 N–H and O–H groups in total. The smallest absolute Gasteiger partial charge is 0.322 e. The normalized spacial score (nSPS) is 9.18.